The summed E-state index contributed by atoms with van der Waals surface area (Å²) in [5.41, 5.74) is 1.05. The molecule has 2 aliphatic heterocycles. The van der Waals surface area contributed by atoms with E-state index in [1.165, 1.54) is 6.26 Å². The molecule has 0 saturated carbocycles. The van der Waals surface area contributed by atoms with Crippen LogP contribution in [0.5, 0.6) is 0 Å². The monoisotopic (exact) mass is 341 g/mol. The Labute approximate surface area is 147 Å². The van der Waals surface area contributed by atoms with E-state index in [1.54, 1.807) is 17.0 Å². The molecule has 4 rings (SSSR count). The lowest BCUT2D eigenvalue weighted by Crippen LogP contribution is -2.41. The lowest BCUT2D eigenvalue weighted by Gasteiger charge is -2.29. The van der Waals surface area contributed by atoms with Gasteiger partial charge in [-0.15, -0.1) is 0 Å². The zero-order valence-corrected chi connectivity index (χ0v) is 14.1. The first kappa shape index (κ1) is 16.4. The summed E-state index contributed by atoms with van der Waals surface area (Å²) in [5, 5.41) is 10.5. The second-order valence-corrected chi connectivity index (χ2v) is 6.95. The quantitative estimate of drug-likeness (QED) is 0.877. The first-order valence-corrected chi connectivity index (χ1v) is 8.90. The zero-order chi connectivity index (χ0) is 17.2. The predicted molar refractivity (Wildman–Crippen MR) is 91.5 cm³/mol. The molecule has 5 heteroatoms. The Morgan fingerprint density at radius 3 is 2.68 bits per heavy atom. The van der Waals surface area contributed by atoms with Crippen molar-refractivity contribution in [2.75, 3.05) is 6.54 Å². The topological polar surface area (TPSA) is 62.9 Å². The van der Waals surface area contributed by atoms with Crippen LogP contribution in [-0.4, -0.2) is 34.7 Å². The summed E-state index contributed by atoms with van der Waals surface area (Å²) in [6.45, 7) is 0.695. The Bertz CT molecular complexity index is 700. The molecule has 1 aromatic heterocycles. The van der Waals surface area contributed by atoms with Crippen LogP contribution in [-0.2, 0) is 16.1 Å². The summed E-state index contributed by atoms with van der Waals surface area (Å²) < 4.78 is 11.1. The molecule has 4 atom stereocenters. The molecule has 0 unspecified atom stereocenters. The highest BCUT2D eigenvalue weighted by molar-refractivity contribution is 5.80. The van der Waals surface area contributed by atoms with Crippen LogP contribution in [0.1, 0.15) is 36.7 Å². The van der Waals surface area contributed by atoms with Crippen molar-refractivity contribution < 1.29 is 19.1 Å². The van der Waals surface area contributed by atoms with Crippen molar-refractivity contribution >= 4 is 5.91 Å². The summed E-state index contributed by atoms with van der Waals surface area (Å²) in [5.74, 6) is 0.461. The van der Waals surface area contributed by atoms with Crippen LogP contribution in [0.2, 0.25) is 0 Å². The van der Waals surface area contributed by atoms with Crippen molar-refractivity contribution in [2.24, 2.45) is 5.92 Å². The van der Waals surface area contributed by atoms with Gasteiger partial charge in [0.05, 0.1) is 30.9 Å². The van der Waals surface area contributed by atoms with Gasteiger partial charge in [-0.3, -0.25) is 4.79 Å². The zero-order valence-electron chi connectivity index (χ0n) is 14.1. The molecule has 1 amide bonds. The van der Waals surface area contributed by atoms with E-state index in [1.807, 2.05) is 30.3 Å². The van der Waals surface area contributed by atoms with Crippen molar-refractivity contribution in [3.05, 3.63) is 60.1 Å². The Kier molecular flexibility index (Phi) is 4.59. The van der Waals surface area contributed by atoms with Gasteiger partial charge in [0.2, 0.25) is 5.91 Å². The van der Waals surface area contributed by atoms with Crippen molar-refractivity contribution in [3.8, 4) is 0 Å². The third-order valence-electron chi connectivity index (χ3n) is 5.22. The molecular formula is C20H23NO4. The smallest absolute Gasteiger partial charge is 0.228 e. The van der Waals surface area contributed by atoms with Crippen LogP contribution in [0.3, 0.4) is 0 Å². The highest BCUT2D eigenvalue weighted by Gasteiger charge is 2.45. The van der Waals surface area contributed by atoms with Gasteiger partial charge in [-0.05, 0) is 37.0 Å². The van der Waals surface area contributed by atoms with Crippen LogP contribution in [0.15, 0.2) is 53.1 Å². The fourth-order valence-corrected chi connectivity index (χ4v) is 3.95. The largest absolute Gasteiger partial charge is 0.467 e. The van der Waals surface area contributed by atoms with Crippen molar-refractivity contribution in [1.29, 1.82) is 0 Å². The van der Waals surface area contributed by atoms with Crippen molar-refractivity contribution in [3.63, 3.8) is 0 Å². The average Bonchev–Trinajstić information content (AvgIpc) is 3.38. The first-order chi connectivity index (χ1) is 12.2. The van der Waals surface area contributed by atoms with Crippen LogP contribution >= 0.6 is 0 Å². The number of rotatable bonds is 6. The third kappa shape index (κ3) is 3.48. The number of carbonyl (C=O) groups excluding carboxylic acids is 1. The van der Waals surface area contributed by atoms with Gasteiger partial charge >= 0.3 is 0 Å². The Balaban J connectivity index is 1.51. The standard InChI is InChI=1S/C20H23NO4/c22-17(19-7-4-10-24-19)13-21(12-14-5-2-1-3-6-14)20(23)16-11-15-8-9-18(16)25-15/h1-7,10,15-18,22H,8-9,11-13H2/t15-,16+,17+,18-/m1/s1. The second kappa shape index (κ2) is 7.02. The fourth-order valence-electron chi connectivity index (χ4n) is 3.95. The number of hydrogen-bond donors (Lipinski definition) is 1. The fraction of sp³-hybridized carbons (Fsp3) is 0.450. The van der Waals surface area contributed by atoms with E-state index in [0.717, 1.165) is 24.8 Å². The van der Waals surface area contributed by atoms with Gasteiger partial charge in [0, 0.05) is 6.54 Å². The normalized spacial score (nSPS) is 25.9. The van der Waals surface area contributed by atoms with E-state index in [-0.39, 0.29) is 30.6 Å². The summed E-state index contributed by atoms with van der Waals surface area (Å²) in [4.78, 5) is 14.9. The van der Waals surface area contributed by atoms with E-state index >= 15 is 0 Å². The van der Waals surface area contributed by atoms with Crippen LogP contribution in [0.25, 0.3) is 0 Å². The van der Waals surface area contributed by atoms with Gasteiger partial charge in [0.25, 0.3) is 0 Å². The number of aliphatic hydroxyl groups excluding tert-OH is 1. The van der Waals surface area contributed by atoms with Crippen LogP contribution < -0.4 is 0 Å². The Morgan fingerprint density at radius 1 is 1.20 bits per heavy atom. The second-order valence-electron chi connectivity index (χ2n) is 6.95. The number of benzene rings is 1. The van der Waals surface area contributed by atoms with Crippen LogP contribution in [0.4, 0.5) is 0 Å². The van der Waals surface area contributed by atoms with Gasteiger partial charge in [0.1, 0.15) is 11.9 Å². The van der Waals surface area contributed by atoms with Gasteiger partial charge in [0.15, 0.2) is 0 Å². The Morgan fingerprint density at radius 2 is 2.04 bits per heavy atom. The molecule has 0 radical (unpaired) electrons. The van der Waals surface area contributed by atoms with E-state index in [9.17, 15) is 9.90 Å². The maximum atomic E-state index is 13.1. The molecule has 2 bridgehead atoms. The number of ether oxygens (including phenoxy) is 1. The van der Waals surface area contributed by atoms with Gasteiger partial charge in [-0.2, -0.15) is 0 Å². The molecule has 2 saturated heterocycles. The highest BCUT2D eigenvalue weighted by atomic mass is 16.5. The molecule has 0 aliphatic carbocycles. The molecule has 1 aromatic carbocycles. The maximum absolute atomic E-state index is 13.1. The van der Waals surface area contributed by atoms with E-state index in [4.69, 9.17) is 9.15 Å². The van der Waals surface area contributed by atoms with Crippen LogP contribution in [0, 0.1) is 5.92 Å². The Hall–Kier alpha value is -2.11. The summed E-state index contributed by atoms with van der Waals surface area (Å²) in [6.07, 6.45) is 3.78. The molecule has 2 fully saturated rings. The van der Waals surface area contributed by atoms with Crippen molar-refractivity contribution in [1.82, 2.24) is 4.90 Å². The highest BCUT2D eigenvalue weighted by Crippen LogP contribution is 2.40. The molecule has 2 aromatic rings. The number of nitrogens with zero attached hydrogens (tertiary/aromatic N) is 1. The number of amides is 1. The van der Waals surface area contributed by atoms with Crippen molar-refractivity contribution in [2.45, 2.75) is 44.1 Å². The van der Waals surface area contributed by atoms with E-state index < -0.39 is 6.10 Å². The minimum absolute atomic E-state index is 0.0385. The molecule has 0 spiro atoms. The molecule has 132 valence electrons. The first-order valence-electron chi connectivity index (χ1n) is 8.90. The lowest BCUT2D eigenvalue weighted by atomic mass is 9.88. The molecule has 2 aliphatic rings. The van der Waals surface area contributed by atoms with Gasteiger partial charge < -0.3 is 19.2 Å². The number of hydrogen-bond acceptors (Lipinski definition) is 4. The molecule has 3 heterocycles. The third-order valence-corrected chi connectivity index (χ3v) is 5.22. The minimum atomic E-state index is -0.831. The summed E-state index contributed by atoms with van der Waals surface area (Å²) in [7, 11) is 0. The average molecular weight is 341 g/mol. The molecule has 5 nitrogen and oxygen atoms in total. The summed E-state index contributed by atoms with van der Waals surface area (Å²) >= 11 is 0. The van der Waals surface area contributed by atoms with Gasteiger partial charge in [-0.1, -0.05) is 30.3 Å². The lowest BCUT2D eigenvalue weighted by molar-refractivity contribution is -0.139. The SMILES string of the molecule is O=C([C@H]1C[C@H]2CC[C@H]1O2)N(Cc1ccccc1)C[C@H](O)c1ccco1. The maximum Gasteiger partial charge on any atom is 0.228 e. The summed E-state index contributed by atoms with van der Waals surface area (Å²) in [6, 6.07) is 13.3. The number of furan rings is 1. The predicted octanol–water partition coefficient (Wildman–Crippen LogP) is 2.91. The van der Waals surface area contributed by atoms with E-state index in [2.05, 4.69) is 0 Å². The molecule has 25 heavy (non-hydrogen) atoms. The van der Waals surface area contributed by atoms with E-state index in [0.29, 0.717) is 12.3 Å². The number of aliphatic hydroxyl groups is 1. The number of carbonyl (C=O) groups is 1. The molecule has 1 N–H and O–H groups in total. The minimum Gasteiger partial charge on any atom is -0.467 e. The molecular weight excluding hydrogens is 318 g/mol. The van der Waals surface area contributed by atoms with Gasteiger partial charge in [-0.25, -0.2) is 0 Å². The number of fused-ring (bicyclic) bond motifs is 2.